The summed E-state index contributed by atoms with van der Waals surface area (Å²) in [6.45, 7) is 2.54. The van der Waals surface area contributed by atoms with E-state index in [1.807, 2.05) is 6.21 Å². The second-order valence-electron chi connectivity index (χ2n) is 4.87. The van der Waals surface area contributed by atoms with E-state index in [1.54, 1.807) is 0 Å². The molecule has 0 amide bonds. The molecule has 1 fully saturated rings. The van der Waals surface area contributed by atoms with E-state index in [0.29, 0.717) is 12.6 Å². The summed E-state index contributed by atoms with van der Waals surface area (Å²) >= 11 is 6.15. The predicted molar refractivity (Wildman–Crippen MR) is 66.3 cm³/mol. The van der Waals surface area contributed by atoms with Gasteiger partial charge in [0.25, 0.3) is 0 Å². The number of halogens is 1. The van der Waals surface area contributed by atoms with Gasteiger partial charge in [-0.1, -0.05) is 0 Å². The van der Waals surface area contributed by atoms with E-state index in [9.17, 15) is 5.11 Å². The number of alkyl halides is 1. The van der Waals surface area contributed by atoms with Crippen LogP contribution >= 0.6 is 11.6 Å². The van der Waals surface area contributed by atoms with Crippen LogP contribution in [0.5, 0.6) is 0 Å². The first-order chi connectivity index (χ1) is 8.29. The first-order valence-electron chi connectivity index (χ1n) is 6.15. The zero-order valence-corrected chi connectivity index (χ0v) is 10.4. The third-order valence-corrected chi connectivity index (χ3v) is 4.13. The number of aliphatic imine (C=N–C) groups is 1. The maximum Gasteiger partial charge on any atom is 0.0743 e. The lowest BCUT2D eigenvalue weighted by Crippen LogP contribution is -2.53. The standard InChI is InChI=1S/C12H17ClN2O2/c13-9-4-11-10(14-5-9)3-8(6-16)12-7-17-2-1-15(11)12/h5,8-9,12,16H,1-4,6-7H2. The normalized spacial score (nSPS) is 36.8. The van der Waals surface area contributed by atoms with Gasteiger partial charge in [0.1, 0.15) is 0 Å². The Hall–Kier alpha value is -0.580. The van der Waals surface area contributed by atoms with Crippen LogP contribution in [-0.2, 0) is 4.74 Å². The van der Waals surface area contributed by atoms with Crippen molar-refractivity contribution in [3.8, 4) is 0 Å². The highest BCUT2D eigenvalue weighted by Gasteiger charge is 2.38. The molecule has 3 rings (SSSR count). The van der Waals surface area contributed by atoms with Crippen LogP contribution in [0.15, 0.2) is 16.4 Å². The Morgan fingerprint density at radius 1 is 1.53 bits per heavy atom. The van der Waals surface area contributed by atoms with Crippen molar-refractivity contribution in [2.45, 2.75) is 24.3 Å². The number of hydrogen-bond donors (Lipinski definition) is 1. The van der Waals surface area contributed by atoms with Gasteiger partial charge < -0.3 is 14.7 Å². The summed E-state index contributed by atoms with van der Waals surface area (Å²) in [5.41, 5.74) is 2.38. The van der Waals surface area contributed by atoms with Gasteiger partial charge >= 0.3 is 0 Å². The van der Waals surface area contributed by atoms with Crippen molar-refractivity contribution in [2.75, 3.05) is 26.4 Å². The van der Waals surface area contributed by atoms with Gasteiger partial charge in [0.2, 0.25) is 0 Å². The second-order valence-corrected chi connectivity index (χ2v) is 5.43. The Kier molecular flexibility index (Phi) is 3.11. The summed E-state index contributed by atoms with van der Waals surface area (Å²) in [6, 6.07) is 0.296. The monoisotopic (exact) mass is 256 g/mol. The lowest BCUT2D eigenvalue weighted by molar-refractivity contribution is -0.0330. The second kappa shape index (κ2) is 4.59. The maximum atomic E-state index is 9.49. The molecule has 0 bridgehead atoms. The fourth-order valence-electron chi connectivity index (χ4n) is 2.97. The van der Waals surface area contributed by atoms with Crippen LogP contribution in [0.1, 0.15) is 12.8 Å². The molecule has 0 saturated carbocycles. The molecular formula is C12H17ClN2O2. The Balaban J connectivity index is 1.92. The number of morpholine rings is 1. The van der Waals surface area contributed by atoms with Crippen molar-refractivity contribution in [2.24, 2.45) is 10.9 Å². The minimum absolute atomic E-state index is 0.00271. The van der Waals surface area contributed by atoms with E-state index in [1.165, 1.54) is 5.70 Å². The van der Waals surface area contributed by atoms with Crippen molar-refractivity contribution in [1.29, 1.82) is 0 Å². The molecule has 3 aliphatic heterocycles. The Morgan fingerprint density at radius 3 is 3.24 bits per heavy atom. The zero-order valence-electron chi connectivity index (χ0n) is 9.68. The molecular weight excluding hydrogens is 240 g/mol. The lowest BCUT2D eigenvalue weighted by Gasteiger charge is -2.47. The summed E-state index contributed by atoms with van der Waals surface area (Å²) in [7, 11) is 0. The summed E-state index contributed by atoms with van der Waals surface area (Å²) in [6.07, 6.45) is 3.51. The molecule has 4 nitrogen and oxygen atoms in total. The van der Waals surface area contributed by atoms with E-state index < -0.39 is 0 Å². The first kappa shape index (κ1) is 11.5. The molecule has 5 heteroatoms. The molecule has 1 saturated heterocycles. The van der Waals surface area contributed by atoms with Crippen molar-refractivity contribution in [3.63, 3.8) is 0 Å². The van der Waals surface area contributed by atoms with Gasteiger partial charge in [0.05, 0.1) is 30.3 Å². The number of aliphatic hydroxyl groups is 1. The Morgan fingerprint density at radius 2 is 2.41 bits per heavy atom. The number of nitrogens with zero attached hydrogens (tertiary/aromatic N) is 2. The van der Waals surface area contributed by atoms with Crippen molar-refractivity contribution in [3.05, 3.63) is 11.4 Å². The molecule has 17 heavy (non-hydrogen) atoms. The van der Waals surface area contributed by atoms with E-state index >= 15 is 0 Å². The molecule has 3 aliphatic rings. The quantitative estimate of drug-likeness (QED) is 0.712. The number of ether oxygens (including phenoxy) is 1. The number of hydrogen-bond acceptors (Lipinski definition) is 4. The molecule has 1 N–H and O–H groups in total. The average molecular weight is 257 g/mol. The first-order valence-corrected chi connectivity index (χ1v) is 6.58. The van der Waals surface area contributed by atoms with Crippen LogP contribution in [0.2, 0.25) is 0 Å². The van der Waals surface area contributed by atoms with Crippen molar-refractivity contribution >= 4 is 17.8 Å². The number of aliphatic hydroxyl groups excluding tert-OH is 1. The molecule has 3 unspecified atom stereocenters. The SMILES string of the molecule is OCC1CC2=C(CC(Cl)C=N2)N2CCOCC12. The molecule has 3 heterocycles. The Bertz CT molecular complexity index is 370. The van der Waals surface area contributed by atoms with Gasteiger partial charge in [-0.15, -0.1) is 11.6 Å². The van der Waals surface area contributed by atoms with Crippen LogP contribution in [0.4, 0.5) is 0 Å². The highest BCUT2D eigenvalue weighted by molar-refractivity contribution is 6.28. The molecule has 0 radical (unpaired) electrons. The van der Waals surface area contributed by atoms with Crippen molar-refractivity contribution < 1.29 is 9.84 Å². The summed E-state index contributed by atoms with van der Waals surface area (Å²) in [4.78, 5) is 6.81. The van der Waals surface area contributed by atoms with E-state index in [4.69, 9.17) is 16.3 Å². The lowest BCUT2D eigenvalue weighted by atomic mass is 9.87. The van der Waals surface area contributed by atoms with E-state index in [-0.39, 0.29) is 17.9 Å². The van der Waals surface area contributed by atoms with Gasteiger partial charge in [-0.25, -0.2) is 0 Å². The molecule has 0 aromatic heterocycles. The molecule has 3 atom stereocenters. The van der Waals surface area contributed by atoms with Gasteiger partial charge in [0.15, 0.2) is 0 Å². The minimum atomic E-state index is 0.00271. The molecule has 0 aliphatic carbocycles. The molecule has 0 spiro atoms. The van der Waals surface area contributed by atoms with Gasteiger partial charge in [-0.05, 0) is 6.42 Å². The van der Waals surface area contributed by atoms with Gasteiger partial charge in [-0.2, -0.15) is 0 Å². The van der Waals surface area contributed by atoms with Crippen molar-refractivity contribution in [1.82, 2.24) is 4.90 Å². The highest BCUT2D eigenvalue weighted by Crippen LogP contribution is 2.37. The van der Waals surface area contributed by atoms with Crippen LogP contribution < -0.4 is 0 Å². The predicted octanol–water partition coefficient (Wildman–Crippen LogP) is 0.993. The average Bonchev–Trinajstić information content (AvgIpc) is 2.38. The Labute approximate surface area is 106 Å². The molecule has 0 aromatic rings. The number of allylic oxidation sites excluding steroid dienone is 2. The third kappa shape index (κ3) is 1.98. The van der Waals surface area contributed by atoms with E-state index in [2.05, 4.69) is 9.89 Å². The summed E-state index contributed by atoms with van der Waals surface area (Å²) in [5, 5.41) is 9.49. The van der Waals surface area contributed by atoms with Crippen LogP contribution in [0.3, 0.4) is 0 Å². The molecule has 0 aromatic carbocycles. The summed E-state index contributed by atoms with van der Waals surface area (Å²) in [5.74, 6) is 0.234. The van der Waals surface area contributed by atoms with Crippen LogP contribution in [0, 0.1) is 5.92 Å². The van der Waals surface area contributed by atoms with Crippen LogP contribution in [-0.4, -0.2) is 54.0 Å². The maximum absolute atomic E-state index is 9.49. The fourth-order valence-corrected chi connectivity index (χ4v) is 3.18. The van der Waals surface area contributed by atoms with Gasteiger partial charge in [-0.3, -0.25) is 4.99 Å². The third-order valence-electron chi connectivity index (χ3n) is 3.86. The number of rotatable bonds is 1. The van der Waals surface area contributed by atoms with Gasteiger partial charge in [0, 0.05) is 37.4 Å². The largest absolute Gasteiger partial charge is 0.396 e. The smallest absolute Gasteiger partial charge is 0.0743 e. The topological polar surface area (TPSA) is 45.1 Å². The molecule has 94 valence electrons. The highest BCUT2D eigenvalue weighted by atomic mass is 35.5. The van der Waals surface area contributed by atoms with Crippen LogP contribution in [0.25, 0.3) is 0 Å². The number of fused-ring (bicyclic) bond motifs is 2. The zero-order chi connectivity index (χ0) is 11.8. The minimum Gasteiger partial charge on any atom is -0.396 e. The fraction of sp³-hybridized carbons (Fsp3) is 0.750. The van der Waals surface area contributed by atoms with E-state index in [0.717, 1.165) is 31.7 Å². The summed E-state index contributed by atoms with van der Waals surface area (Å²) < 4.78 is 5.53.